The first-order valence-electron chi connectivity index (χ1n) is 4.29. The lowest BCUT2D eigenvalue weighted by molar-refractivity contribution is -0.163. The molecule has 0 amide bonds. The maximum absolute atomic E-state index is 12.0. The van der Waals surface area contributed by atoms with Crippen LogP contribution in [0, 0.1) is 5.92 Å². The van der Waals surface area contributed by atoms with Crippen molar-refractivity contribution in [2.75, 3.05) is 0 Å². The van der Waals surface area contributed by atoms with Crippen molar-refractivity contribution in [3.05, 3.63) is 0 Å². The smallest absolute Gasteiger partial charge is 0.245 e. The number of hydrogen-bond donors (Lipinski definition) is 0. The second kappa shape index (κ2) is 3.64. The molecule has 1 saturated carbocycles. The van der Waals surface area contributed by atoms with Crippen LogP contribution in [-0.2, 0) is 0 Å². The molecule has 1 fully saturated rings. The zero-order valence-corrected chi connectivity index (χ0v) is 6.82. The Labute approximate surface area is 70.1 Å². The third kappa shape index (κ3) is 2.37. The van der Waals surface area contributed by atoms with Crippen molar-refractivity contribution in [2.24, 2.45) is 5.92 Å². The van der Waals surface area contributed by atoms with Gasteiger partial charge in [0, 0.05) is 0 Å². The molecule has 1 nitrogen and oxygen atoms in total. The van der Waals surface area contributed by atoms with Gasteiger partial charge in [-0.2, -0.15) is 13.2 Å². The molecule has 1 N–H and O–H groups in total. The Morgan fingerprint density at radius 1 is 1.08 bits per heavy atom. The molecule has 0 aliphatic heterocycles. The molecule has 0 bridgehead atoms. The van der Waals surface area contributed by atoms with Crippen LogP contribution in [0.5, 0.6) is 0 Å². The highest BCUT2D eigenvalue weighted by Gasteiger charge is 2.42. The Bertz CT molecular complexity index is 138. The van der Waals surface area contributed by atoms with Gasteiger partial charge in [-0.1, -0.05) is 19.3 Å². The molecule has 0 heterocycles. The summed E-state index contributed by atoms with van der Waals surface area (Å²) in [7, 11) is 0. The van der Waals surface area contributed by atoms with Crippen LogP contribution in [-0.4, -0.2) is 12.2 Å². The highest BCUT2D eigenvalue weighted by atomic mass is 19.4. The van der Waals surface area contributed by atoms with Crippen LogP contribution in [0.3, 0.4) is 0 Å². The SMILES string of the molecule is [NH]C(C1CCCCC1)C(F)(F)F. The van der Waals surface area contributed by atoms with Crippen LogP contribution >= 0.6 is 0 Å². The zero-order chi connectivity index (χ0) is 9.19. The molecule has 0 aromatic heterocycles. The minimum Gasteiger partial charge on any atom is -0.245 e. The Hall–Kier alpha value is -0.250. The second-order valence-corrected chi connectivity index (χ2v) is 3.42. The van der Waals surface area contributed by atoms with Gasteiger partial charge < -0.3 is 0 Å². The van der Waals surface area contributed by atoms with E-state index >= 15 is 0 Å². The summed E-state index contributed by atoms with van der Waals surface area (Å²) in [5, 5.41) is 0. The molecule has 1 atom stereocenters. The Kier molecular flexibility index (Phi) is 2.99. The van der Waals surface area contributed by atoms with Gasteiger partial charge in [0.05, 0.1) is 0 Å². The van der Waals surface area contributed by atoms with Crippen molar-refractivity contribution in [3.8, 4) is 0 Å². The average Bonchev–Trinajstić information content (AvgIpc) is 2.03. The predicted molar refractivity (Wildman–Crippen MR) is 39.5 cm³/mol. The van der Waals surface area contributed by atoms with Crippen molar-refractivity contribution < 1.29 is 13.2 Å². The summed E-state index contributed by atoms with van der Waals surface area (Å²) in [6.07, 6.45) is -0.420. The van der Waals surface area contributed by atoms with Crippen LogP contribution < -0.4 is 5.73 Å². The van der Waals surface area contributed by atoms with Gasteiger partial charge in [-0.15, -0.1) is 0 Å². The third-order valence-corrected chi connectivity index (χ3v) is 2.47. The van der Waals surface area contributed by atoms with Crippen LogP contribution in [0.1, 0.15) is 32.1 Å². The highest BCUT2D eigenvalue weighted by molar-refractivity contribution is 4.81. The van der Waals surface area contributed by atoms with Crippen molar-refractivity contribution in [1.29, 1.82) is 0 Å². The molecule has 4 heteroatoms. The minimum atomic E-state index is -4.32. The van der Waals surface area contributed by atoms with Crippen LogP contribution in [0.2, 0.25) is 0 Å². The van der Waals surface area contributed by atoms with Gasteiger partial charge in [0.2, 0.25) is 0 Å². The van der Waals surface area contributed by atoms with Crippen LogP contribution in [0.4, 0.5) is 13.2 Å². The van der Waals surface area contributed by atoms with E-state index < -0.39 is 18.1 Å². The normalized spacial score (nSPS) is 24.0. The fourth-order valence-corrected chi connectivity index (χ4v) is 1.73. The molecule has 0 aromatic rings. The maximum Gasteiger partial charge on any atom is 0.405 e. The number of hydrogen-bond acceptors (Lipinski definition) is 0. The summed E-state index contributed by atoms with van der Waals surface area (Å²) in [5.41, 5.74) is 6.99. The molecule has 1 unspecified atom stereocenters. The van der Waals surface area contributed by atoms with Crippen molar-refractivity contribution in [2.45, 2.75) is 44.3 Å². The Balaban J connectivity index is 2.45. The molecule has 1 rings (SSSR count). The standard InChI is InChI=1S/C8H13F3N/c9-8(10,11)7(12)6-4-2-1-3-5-6/h6-7,12H,1-5H2. The van der Waals surface area contributed by atoms with Crippen LogP contribution in [0.25, 0.3) is 0 Å². The van der Waals surface area contributed by atoms with Gasteiger partial charge in [0.1, 0.15) is 6.04 Å². The maximum atomic E-state index is 12.0. The topological polar surface area (TPSA) is 23.8 Å². The number of rotatable bonds is 1. The fraction of sp³-hybridized carbons (Fsp3) is 1.00. The van der Waals surface area contributed by atoms with E-state index in [0.717, 1.165) is 19.3 Å². The molecule has 0 aromatic carbocycles. The first-order chi connectivity index (χ1) is 5.52. The molecule has 0 spiro atoms. The van der Waals surface area contributed by atoms with Gasteiger partial charge in [-0.05, 0) is 18.8 Å². The monoisotopic (exact) mass is 180 g/mol. The molecule has 1 aliphatic rings. The van der Waals surface area contributed by atoms with E-state index in [9.17, 15) is 13.2 Å². The van der Waals surface area contributed by atoms with Crippen LogP contribution in [0.15, 0.2) is 0 Å². The lowest BCUT2D eigenvalue weighted by atomic mass is 9.84. The quantitative estimate of drug-likeness (QED) is 0.592. The lowest BCUT2D eigenvalue weighted by Gasteiger charge is -2.27. The first kappa shape index (κ1) is 9.84. The Morgan fingerprint density at radius 2 is 1.58 bits per heavy atom. The summed E-state index contributed by atoms with van der Waals surface area (Å²) in [6, 6.07) is -1.85. The molecule has 12 heavy (non-hydrogen) atoms. The molecular weight excluding hydrogens is 167 g/mol. The molecule has 0 saturated heterocycles. The van der Waals surface area contributed by atoms with E-state index in [2.05, 4.69) is 0 Å². The van der Waals surface area contributed by atoms with Crippen molar-refractivity contribution in [3.63, 3.8) is 0 Å². The highest BCUT2D eigenvalue weighted by Crippen LogP contribution is 2.33. The second-order valence-electron chi connectivity index (χ2n) is 3.42. The summed E-state index contributed by atoms with van der Waals surface area (Å²) >= 11 is 0. The van der Waals surface area contributed by atoms with E-state index in [4.69, 9.17) is 5.73 Å². The zero-order valence-electron chi connectivity index (χ0n) is 6.82. The summed E-state index contributed by atoms with van der Waals surface area (Å²) in [4.78, 5) is 0. The van der Waals surface area contributed by atoms with Gasteiger partial charge in [0.15, 0.2) is 0 Å². The summed E-state index contributed by atoms with van der Waals surface area (Å²) in [5.74, 6) is -0.446. The summed E-state index contributed by atoms with van der Waals surface area (Å²) < 4.78 is 36.1. The van der Waals surface area contributed by atoms with Crippen molar-refractivity contribution >= 4 is 0 Å². The number of halogens is 3. The predicted octanol–water partition coefficient (Wildman–Crippen LogP) is 2.78. The minimum absolute atomic E-state index is 0.446. The van der Waals surface area contributed by atoms with Crippen molar-refractivity contribution in [1.82, 2.24) is 5.73 Å². The molecular formula is C8H13F3N. The van der Waals surface area contributed by atoms with E-state index in [-0.39, 0.29) is 0 Å². The van der Waals surface area contributed by atoms with E-state index in [1.54, 1.807) is 0 Å². The van der Waals surface area contributed by atoms with Gasteiger partial charge >= 0.3 is 6.18 Å². The molecule has 1 aliphatic carbocycles. The number of alkyl halides is 3. The van der Waals surface area contributed by atoms with E-state index in [0.29, 0.717) is 12.8 Å². The third-order valence-electron chi connectivity index (χ3n) is 2.47. The molecule has 71 valence electrons. The largest absolute Gasteiger partial charge is 0.405 e. The van der Waals surface area contributed by atoms with E-state index in [1.165, 1.54) is 0 Å². The first-order valence-corrected chi connectivity index (χ1v) is 4.29. The van der Waals surface area contributed by atoms with E-state index in [1.807, 2.05) is 0 Å². The Morgan fingerprint density at radius 3 is 2.00 bits per heavy atom. The lowest BCUT2D eigenvalue weighted by Crippen LogP contribution is -2.38. The average molecular weight is 180 g/mol. The van der Waals surface area contributed by atoms with Gasteiger partial charge in [-0.3, -0.25) is 0 Å². The van der Waals surface area contributed by atoms with Gasteiger partial charge in [-0.25, -0.2) is 5.73 Å². The number of nitrogens with one attached hydrogen (secondary N) is 1. The molecule has 1 radical (unpaired) electrons. The fourth-order valence-electron chi connectivity index (χ4n) is 1.73. The van der Waals surface area contributed by atoms with Gasteiger partial charge in [0.25, 0.3) is 0 Å². The summed E-state index contributed by atoms with van der Waals surface area (Å²) in [6.45, 7) is 0.